The summed E-state index contributed by atoms with van der Waals surface area (Å²) in [5, 5.41) is 0. The number of nitrogens with zero attached hydrogens (tertiary/aromatic N) is 2. The van der Waals surface area contributed by atoms with E-state index in [0.29, 0.717) is 17.9 Å². The standard InChI is InChI=1S/C21H18F2N2O3/c22-21(23)28-19-8-2-1-6-17(19)9-10-20(26)25(15-18-7-4-12-27-18)14-16-5-3-11-24-13-16/h1-13,21H,14-15H2/b10-9+. The number of para-hydroxylation sites is 1. The van der Waals surface area contributed by atoms with E-state index in [-0.39, 0.29) is 18.2 Å². The van der Waals surface area contributed by atoms with Gasteiger partial charge in [-0.2, -0.15) is 8.78 Å². The van der Waals surface area contributed by atoms with Gasteiger partial charge in [-0.15, -0.1) is 0 Å². The molecule has 0 saturated heterocycles. The summed E-state index contributed by atoms with van der Waals surface area (Å²) in [4.78, 5) is 18.4. The van der Waals surface area contributed by atoms with Gasteiger partial charge in [-0.1, -0.05) is 24.3 Å². The van der Waals surface area contributed by atoms with Crippen LogP contribution in [-0.2, 0) is 17.9 Å². The van der Waals surface area contributed by atoms with E-state index in [1.807, 2.05) is 6.07 Å². The minimum atomic E-state index is -2.94. The zero-order valence-corrected chi connectivity index (χ0v) is 14.9. The highest BCUT2D eigenvalue weighted by atomic mass is 19.3. The molecule has 0 aliphatic carbocycles. The van der Waals surface area contributed by atoms with Crippen molar-refractivity contribution < 1.29 is 22.7 Å². The van der Waals surface area contributed by atoms with Crippen LogP contribution in [0, 0.1) is 0 Å². The lowest BCUT2D eigenvalue weighted by molar-refractivity contribution is -0.127. The molecule has 3 rings (SSSR count). The molecule has 0 aliphatic rings. The summed E-state index contributed by atoms with van der Waals surface area (Å²) >= 11 is 0. The topological polar surface area (TPSA) is 55.6 Å². The molecule has 3 aromatic rings. The van der Waals surface area contributed by atoms with Gasteiger partial charge >= 0.3 is 6.61 Å². The Hall–Kier alpha value is -3.48. The monoisotopic (exact) mass is 384 g/mol. The third kappa shape index (κ3) is 5.51. The fourth-order valence-electron chi connectivity index (χ4n) is 2.60. The first kappa shape index (κ1) is 19.3. The predicted octanol–water partition coefficient (Wildman–Crippen LogP) is 4.52. The SMILES string of the molecule is O=C(/C=C/c1ccccc1OC(F)F)N(Cc1cccnc1)Cc1ccco1. The molecule has 0 unspecified atom stereocenters. The van der Waals surface area contributed by atoms with Crippen LogP contribution in [0.15, 0.2) is 77.7 Å². The number of hydrogen-bond acceptors (Lipinski definition) is 4. The van der Waals surface area contributed by atoms with E-state index < -0.39 is 6.61 Å². The Morgan fingerprint density at radius 2 is 2.00 bits per heavy atom. The molecule has 2 heterocycles. The van der Waals surface area contributed by atoms with E-state index in [1.165, 1.54) is 24.5 Å². The molecular formula is C21H18F2N2O3. The second-order valence-electron chi connectivity index (χ2n) is 5.88. The number of carbonyl (C=O) groups is 1. The number of hydrogen-bond donors (Lipinski definition) is 0. The highest BCUT2D eigenvalue weighted by Crippen LogP contribution is 2.22. The van der Waals surface area contributed by atoms with Gasteiger partial charge in [0.25, 0.3) is 0 Å². The maximum atomic E-state index is 12.8. The van der Waals surface area contributed by atoms with Gasteiger partial charge in [-0.25, -0.2) is 0 Å². The smallest absolute Gasteiger partial charge is 0.387 e. The number of alkyl halides is 2. The molecule has 0 radical (unpaired) electrons. The van der Waals surface area contributed by atoms with Crippen LogP contribution in [0.5, 0.6) is 5.75 Å². The predicted molar refractivity (Wildman–Crippen MR) is 99.3 cm³/mol. The molecule has 0 atom stereocenters. The Labute approximate surface area is 160 Å². The van der Waals surface area contributed by atoms with Gasteiger partial charge in [0.15, 0.2) is 0 Å². The van der Waals surface area contributed by atoms with Crippen molar-refractivity contribution >= 4 is 12.0 Å². The summed E-state index contributed by atoms with van der Waals surface area (Å²) in [6, 6.07) is 13.5. The lowest BCUT2D eigenvalue weighted by atomic mass is 10.2. The van der Waals surface area contributed by atoms with Crippen molar-refractivity contribution in [2.75, 3.05) is 0 Å². The van der Waals surface area contributed by atoms with Crippen LogP contribution < -0.4 is 4.74 Å². The summed E-state index contributed by atoms with van der Waals surface area (Å²) in [5.74, 6) is 0.338. The van der Waals surface area contributed by atoms with Crippen LogP contribution in [0.4, 0.5) is 8.78 Å². The largest absolute Gasteiger partial charge is 0.467 e. The maximum Gasteiger partial charge on any atom is 0.387 e. The fraction of sp³-hybridized carbons (Fsp3) is 0.143. The number of halogens is 2. The van der Waals surface area contributed by atoms with Gasteiger partial charge in [0.2, 0.25) is 5.91 Å². The van der Waals surface area contributed by atoms with Crippen LogP contribution in [0.3, 0.4) is 0 Å². The molecule has 0 N–H and O–H groups in total. The van der Waals surface area contributed by atoms with Crippen molar-refractivity contribution in [3.63, 3.8) is 0 Å². The number of benzene rings is 1. The normalized spacial score (nSPS) is 11.1. The van der Waals surface area contributed by atoms with Crippen molar-refractivity contribution in [2.24, 2.45) is 0 Å². The first-order valence-corrected chi connectivity index (χ1v) is 8.54. The summed E-state index contributed by atoms with van der Waals surface area (Å²) in [6.45, 7) is -2.35. The Morgan fingerprint density at radius 1 is 1.14 bits per heavy atom. The molecule has 2 aromatic heterocycles. The first-order valence-electron chi connectivity index (χ1n) is 8.54. The zero-order chi connectivity index (χ0) is 19.8. The number of aromatic nitrogens is 1. The Kier molecular flexibility index (Phi) is 6.51. The number of amides is 1. The summed E-state index contributed by atoms with van der Waals surface area (Å²) < 4.78 is 34.9. The van der Waals surface area contributed by atoms with Crippen LogP contribution in [0.1, 0.15) is 16.9 Å². The molecule has 0 spiro atoms. The molecule has 144 valence electrons. The average molecular weight is 384 g/mol. The number of ether oxygens (including phenoxy) is 1. The zero-order valence-electron chi connectivity index (χ0n) is 14.9. The Balaban J connectivity index is 1.78. The Bertz CT molecular complexity index is 912. The molecule has 28 heavy (non-hydrogen) atoms. The van der Waals surface area contributed by atoms with Crippen molar-refractivity contribution in [1.29, 1.82) is 0 Å². The quantitative estimate of drug-likeness (QED) is 0.536. The van der Waals surface area contributed by atoms with Gasteiger partial charge in [0.1, 0.15) is 11.5 Å². The second kappa shape index (κ2) is 9.45. The summed E-state index contributed by atoms with van der Waals surface area (Å²) in [5.41, 5.74) is 1.24. The summed E-state index contributed by atoms with van der Waals surface area (Å²) in [7, 11) is 0. The van der Waals surface area contributed by atoms with Gasteiger partial charge in [0.05, 0.1) is 12.8 Å². The van der Waals surface area contributed by atoms with Crippen LogP contribution in [0.25, 0.3) is 6.08 Å². The molecule has 5 nitrogen and oxygen atoms in total. The van der Waals surface area contributed by atoms with Crippen LogP contribution in [-0.4, -0.2) is 22.4 Å². The van der Waals surface area contributed by atoms with E-state index in [1.54, 1.807) is 53.7 Å². The maximum absolute atomic E-state index is 12.8. The minimum Gasteiger partial charge on any atom is -0.467 e. The van der Waals surface area contributed by atoms with Gasteiger partial charge in [-0.3, -0.25) is 9.78 Å². The summed E-state index contributed by atoms with van der Waals surface area (Å²) in [6.07, 6.45) is 7.65. The average Bonchev–Trinajstić information content (AvgIpc) is 3.20. The number of pyridine rings is 1. The van der Waals surface area contributed by atoms with Gasteiger partial charge in [0, 0.05) is 30.6 Å². The fourth-order valence-corrected chi connectivity index (χ4v) is 2.60. The number of carbonyl (C=O) groups excluding carboxylic acids is 1. The molecule has 0 aliphatic heterocycles. The van der Waals surface area contributed by atoms with E-state index in [9.17, 15) is 13.6 Å². The molecule has 0 fully saturated rings. The molecule has 1 aromatic carbocycles. The highest BCUT2D eigenvalue weighted by Gasteiger charge is 2.14. The van der Waals surface area contributed by atoms with Gasteiger partial charge < -0.3 is 14.1 Å². The lowest BCUT2D eigenvalue weighted by Gasteiger charge is -2.20. The lowest BCUT2D eigenvalue weighted by Crippen LogP contribution is -2.28. The van der Waals surface area contributed by atoms with E-state index in [4.69, 9.17) is 4.42 Å². The van der Waals surface area contributed by atoms with Crippen molar-refractivity contribution in [3.8, 4) is 5.75 Å². The van der Waals surface area contributed by atoms with Crippen LogP contribution >= 0.6 is 0 Å². The first-order chi connectivity index (χ1) is 13.6. The van der Waals surface area contributed by atoms with Crippen molar-refractivity contribution in [2.45, 2.75) is 19.7 Å². The molecular weight excluding hydrogens is 366 g/mol. The molecule has 7 heteroatoms. The van der Waals surface area contributed by atoms with Crippen LogP contribution in [0.2, 0.25) is 0 Å². The van der Waals surface area contributed by atoms with E-state index in [2.05, 4.69) is 9.72 Å². The second-order valence-corrected chi connectivity index (χ2v) is 5.88. The minimum absolute atomic E-state index is 0.00592. The molecule has 1 amide bonds. The number of furan rings is 1. The van der Waals surface area contributed by atoms with Gasteiger partial charge in [-0.05, 0) is 35.9 Å². The third-order valence-electron chi connectivity index (χ3n) is 3.88. The number of rotatable bonds is 8. The molecule has 0 bridgehead atoms. The van der Waals surface area contributed by atoms with Crippen molar-refractivity contribution in [1.82, 2.24) is 9.88 Å². The van der Waals surface area contributed by atoms with Crippen molar-refractivity contribution in [3.05, 3.63) is 90.2 Å². The molecule has 0 saturated carbocycles. The van der Waals surface area contributed by atoms with E-state index in [0.717, 1.165) is 5.56 Å². The third-order valence-corrected chi connectivity index (χ3v) is 3.88. The Morgan fingerprint density at radius 3 is 2.71 bits per heavy atom. The highest BCUT2D eigenvalue weighted by molar-refractivity contribution is 5.92. The van der Waals surface area contributed by atoms with E-state index >= 15 is 0 Å².